The topological polar surface area (TPSA) is 66.5 Å². The second-order valence-corrected chi connectivity index (χ2v) is 8.36. The van der Waals surface area contributed by atoms with Crippen molar-refractivity contribution in [1.82, 2.24) is 0 Å². The summed E-state index contributed by atoms with van der Waals surface area (Å²) in [5.41, 5.74) is 3.11. The lowest BCUT2D eigenvalue weighted by atomic mass is 9.99. The van der Waals surface area contributed by atoms with E-state index in [1.54, 1.807) is 6.92 Å². The number of carbonyl (C=O) groups excluding carboxylic acids is 1. The van der Waals surface area contributed by atoms with Gasteiger partial charge in [-0.1, -0.05) is 36.4 Å². The van der Waals surface area contributed by atoms with Crippen molar-refractivity contribution >= 4 is 17.3 Å². The van der Waals surface area contributed by atoms with Crippen LogP contribution in [-0.2, 0) is 19.0 Å². The molecule has 2 aliphatic heterocycles. The molecule has 0 unspecified atom stereocenters. The van der Waals surface area contributed by atoms with Gasteiger partial charge in [-0.15, -0.1) is 0 Å². The molecule has 0 amide bonds. The number of methoxy groups -OCH3 is 1. The Hall–Kier alpha value is -3.55. The van der Waals surface area contributed by atoms with Gasteiger partial charge in [0.2, 0.25) is 0 Å². The van der Waals surface area contributed by atoms with Crippen molar-refractivity contribution in [3.05, 3.63) is 78.4 Å². The maximum atomic E-state index is 11.8. The van der Waals surface area contributed by atoms with Crippen LogP contribution < -0.4 is 14.4 Å². The van der Waals surface area contributed by atoms with Crippen molar-refractivity contribution in [2.24, 2.45) is 0 Å². The van der Waals surface area contributed by atoms with E-state index in [1.165, 1.54) is 7.11 Å². The van der Waals surface area contributed by atoms with Crippen molar-refractivity contribution in [3.8, 4) is 17.2 Å². The van der Waals surface area contributed by atoms with Crippen molar-refractivity contribution in [2.75, 3.05) is 38.4 Å². The lowest BCUT2D eigenvalue weighted by molar-refractivity contribution is -0.264. The van der Waals surface area contributed by atoms with Gasteiger partial charge in [-0.2, -0.15) is 0 Å². The molecule has 7 heteroatoms. The van der Waals surface area contributed by atoms with Crippen LogP contribution in [0, 0.1) is 0 Å². The first-order chi connectivity index (χ1) is 16.6. The quantitative estimate of drug-likeness (QED) is 0.477. The third-order valence-corrected chi connectivity index (χ3v) is 6.14. The standard InChI is InChI=1S/C27H27NO6/c1-27(26(29)30-2)32-17-20(18-33-27)19-11-13-21(14-12-19)31-16-15-28-22-7-3-5-9-24(22)34-25-10-6-4-8-23(25)28/h3-14,20H,15-18H2,1-2H3/t20-,27+. The molecule has 2 aliphatic rings. The molecular weight excluding hydrogens is 434 g/mol. The van der Waals surface area contributed by atoms with Crippen LogP contribution in [-0.4, -0.2) is 45.2 Å². The predicted molar refractivity (Wildman–Crippen MR) is 127 cm³/mol. The van der Waals surface area contributed by atoms with Gasteiger partial charge in [-0.05, 0) is 42.0 Å². The number of nitrogens with zero attached hydrogens (tertiary/aromatic N) is 1. The lowest BCUT2D eigenvalue weighted by Crippen LogP contribution is -2.47. The molecule has 3 aromatic rings. The molecule has 0 N–H and O–H groups in total. The Balaban J connectivity index is 1.20. The summed E-state index contributed by atoms with van der Waals surface area (Å²) in [6.45, 7) is 3.52. The van der Waals surface area contributed by atoms with Crippen LogP contribution in [0.5, 0.6) is 17.2 Å². The van der Waals surface area contributed by atoms with E-state index in [2.05, 4.69) is 17.0 Å². The average Bonchev–Trinajstić information content (AvgIpc) is 2.88. The van der Waals surface area contributed by atoms with Crippen LogP contribution in [0.3, 0.4) is 0 Å². The van der Waals surface area contributed by atoms with Gasteiger partial charge in [0.15, 0.2) is 11.5 Å². The van der Waals surface area contributed by atoms with E-state index in [0.29, 0.717) is 26.4 Å². The van der Waals surface area contributed by atoms with E-state index < -0.39 is 11.8 Å². The molecule has 5 rings (SSSR count). The van der Waals surface area contributed by atoms with Gasteiger partial charge in [0.25, 0.3) is 5.79 Å². The highest BCUT2D eigenvalue weighted by Gasteiger charge is 2.41. The van der Waals surface area contributed by atoms with E-state index in [-0.39, 0.29) is 5.92 Å². The molecule has 2 heterocycles. The highest BCUT2D eigenvalue weighted by Crippen LogP contribution is 2.45. The fraction of sp³-hybridized carbons (Fsp3) is 0.296. The number of rotatable bonds is 6. The highest BCUT2D eigenvalue weighted by atomic mass is 16.7. The molecule has 0 bridgehead atoms. The minimum Gasteiger partial charge on any atom is -0.492 e. The molecule has 1 fully saturated rings. The summed E-state index contributed by atoms with van der Waals surface area (Å²) in [7, 11) is 1.32. The van der Waals surface area contributed by atoms with E-state index in [0.717, 1.165) is 34.2 Å². The number of hydrogen-bond acceptors (Lipinski definition) is 7. The molecule has 0 atom stereocenters. The normalized spacial score (nSPS) is 21.1. The first kappa shape index (κ1) is 22.3. The Morgan fingerprint density at radius 2 is 1.53 bits per heavy atom. The zero-order chi connectivity index (χ0) is 23.5. The van der Waals surface area contributed by atoms with Gasteiger partial charge in [-0.25, -0.2) is 4.79 Å². The SMILES string of the molecule is COC(=O)[C@]1(C)OC[C@H](c2ccc(OCCN3c4ccccc4Oc4ccccc43)cc2)CO1. The summed E-state index contributed by atoms with van der Waals surface area (Å²) in [6, 6.07) is 23.9. The Kier molecular flexibility index (Phi) is 6.13. The van der Waals surface area contributed by atoms with Crippen molar-refractivity contribution in [1.29, 1.82) is 0 Å². The maximum absolute atomic E-state index is 11.8. The lowest BCUT2D eigenvalue weighted by Gasteiger charge is -2.35. The summed E-state index contributed by atoms with van der Waals surface area (Å²) in [6.07, 6.45) is 0. The largest absolute Gasteiger partial charge is 0.492 e. The minimum absolute atomic E-state index is 0.0353. The number of para-hydroxylation sites is 4. The van der Waals surface area contributed by atoms with Gasteiger partial charge < -0.3 is 28.6 Å². The van der Waals surface area contributed by atoms with Gasteiger partial charge in [-0.3, -0.25) is 0 Å². The fourth-order valence-electron chi connectivity index (χ4n) is 4.22. The average molecular weight is 462 g/mol. The molecule has 34 heavy (non-hydrogen) atoms. The minimum atomic E-state index is -1.34. The summed E-state index contributed by atoms with van der Waals surface area (Å²) < 4.78 is 28.2. The Morgan fingerprint density at radius 3 is 2.12 bits per heavy atom. The van der Waals surface area contributed by atoms with Crippen LogP contribution in [0.25, 0.3) is 0 Å². The second-order valence-electron chi connectivity index (χ2n) is 8.36. The third kappa shape index (κ3) is 4.32. The summed E-state index contributed by atoms with van der Waals surface area (Å²) >= 11 is 0. The molecule has 1 saturated heterocycles. The van der Waals surface area contributed by atoms with E-state index >= 15 is 0 Å². The Morgan fingerprint density at radius 1 is 0.941 bits per heavy atom. The van der Waals surface area contributed by atoms with Gasteiger partial charge in [0, 0.05) is 12.8 Å². The molecule has 0 aliphatic carbocycles. The van der Waals surface area contributed by atoms with Crippen molar-refractivity contribution in [3.63, 3.8) is 0 Å². The zero-order valence-electron chi connectivity index (χ0n) is 19.2. The maximum Gasteiger partial charge on any atom is 0.366 e. The van der Waals surface area contributed by atoms with Gasteiger partial charge >= 0.3 is 5.97 Å². The van der Waals surface area contributed by atoms with Crippen molar-refractivity contribution in [2.45, 2.75) is 18.6 Å². The van der Waals surface area contributed by atoms with Crippen LogP contribution in [0.2, 0.25) is 0 Å². The number of anilines is 2. The molecule has 176 valence electrons. The fourth-order valence-corrected chi connectivity index (χ4v) is 4.22. The molecule has 0 radical (unpaired) electrons. The smallest absolute Gasteiger partial charge is 0.366 e. The van der Waals surface area contributed by atoms with Gasteiger partial charge in [0.1, 0.15) is 12.4 Å². The first-order valence-electron chi connectivity index (χ1n) is 11.3. The van der Waals surface area contributed by atoms with Crippen LogP contribution in [0.1, 0.15) is 18.4 Å². The summed E-state index contributed by atoms with van der Waals surface area (Å²) in [5.74, 6) is 0.630. The van der Waals surface area contributed by atoms with E-state index in [1.807, 2.05) is 60.7 Å². The highest BCUT2D eigenvalue weighted by molar-refractivity contribution is 5.78. The third-order valence-electron chi connectivity index (χ3n) is 6.14. The monoisotopic (exact) mass is 461 g/mol. The second kappa shape index (κ2) is 9.37. The molecule has 0 saturated carbocycles. The summed E-state index contributed by atoms with van der Waals surface area (Å²) in [5, 5.41) is 0. The van der Waals surface area contributed by atoms with Crippen LogP contribution >= 0.6 is 0 Å². The predicted octanol–water partition coefficient (Wildman–Crippen LogP) is 5.03. The number of ether oxygens (including phenoxy) is 5. The number of carbonyl (C=O) groups is 1. The summed E-state index contributed by atoms with van der Waals surface area (Å²) in [4.78, 5) is 14.0. The number of hydrogen-bond donors (Lipinski definition) is 0. The molecule has 0 spiro atoms. The number of esters is 1. The van der Waals surface area contributed by atoms with Crippen molar-refractivity contribution < 1.29 is 28.5 Å². The molecule has 3 aromatic carbocycles. The van der Waals surface area contributed by atoms with Crippen LogP contribution in [0.4, 0.5) is 11.4 Å². The van der Waals surface area contributed by atoms with E-state index in [9.17, 15) is 4.79 Å². The Labute approximate surface area is 198 Å². The van der Waals surface area contributed by atoms with E-state index in [4.69, 9.17) is 23.7 Å². The zero-order valence-corrected chi connectivity index (χ0v) is 19.2. The Bertz CT molecular complexity index is 1110. The molecule has 7 nitrogen and oxygen atoms in total. The number of fused-ring (bicyclic) bond motifs is 2. The molecular formula is C27H27NO6. The first-order valence-corrected chi connectivity index (χ1v) is 11.3. The van der Waals surface area contributed by atoms with Crippen LogP contribution in [0.15, 0.2) is 72.8 Å². The number of benzene rings is 3. The molecule has 0 aromatic heterocycles. The van der Waals surface area contributed by atoms with Gasteiger partial charge in [0.05, 0.1) is 38.2 Å².